The van der Waals surface area contributed by atoms with Crippen LogP contribution < -0.4 is 14.8 Å². The number of rotatable bonds is 5. The van der Waals surface area contributed by atoms with Crippen LogP contribution in [0.25, 0.3) is 0 Å². The Morgan fingerprint density at radius 3 is 2.79 bits per heavy atom. The first-order valence-corrected chi connectivity index (χ1v) is 10.3. The number of fused-ring (bicyclic) bond motifs is 3. The molecule has 2 aromatic carbocycles. The fourth-order valence-corrected chi connectivity index (χ4v) is 5.36. The van der Waals surface area contributed by atoms with Crippen molar-refractivity contribution in [3.63, 3.8) is 0 Å². The number of ketones is 1. The van der Waals surface area contributed by atoms with E-state index in [0.717, 1.165) is 30.6 Å². The first kappa shape index (κ1) is 18.2. The van der Waals surface area contributed by atoms with E-state index in [-0.39, 0.29) is 23.5 Å². The van der Waals surface area contributed by atoms with Crippen LogP contribution in [0.2, 0.25) is 0 Å². The number of benzene rings is 2. The third-order valence-corrected chi connectivity index (χ3v) is 6.81. The molecule has 1 heterocycles. The molecule has 5 nitrogen and oxygen atoms in total. The number of carbonyl (C=O) groups excluding carboxylic acids is 2. The third-order valence-electron chi connectivity index (χ3n) is 6.81. The summed E-state index contributed by atoms with van der Waals surface area (Å²) in [5.74, 6) is 2.21. The summed E-state index contributed by atoms with van der Waals surface area (Å²) in [4.78, 5) is 25.5. The van der Waals surface area contributed by atoms with Crippen LogP contribution >= 0.6 is 0 Å². The highest BCUT2D eigenvalue weighted by atomic mass is 16.5. The molecular formula is C24H25NO4. The van der Waals surface area contributed by atoms with Gasteiger partial charge in [0.25, 0.3) is 0 Å². The molecule has 5 heteroatoms. The molecule has 2 aromatic rings. The van der Waals surface area contributed by atoms with Crippen LogP contribution in [0, 0.1) is 17.8 Å². The number of hydrogen-bond donors (Lipinski definition) is 1. The van der Waals surface area contributed by atoms with Gasteiger partial charge in [-0.1, -0.05) is 24.3 Å². The van der Waals surface area contributed by atoms with E-state index in [0.29, 0.717) is 30.2 Å². The fourth-order valence-electron chi connectivity index (χ4n) is 5.36. The second kappa shape index (κ2) is 6.90. The second-order valence-corrected chi connectivity index (χ2v) is 8.41. The summed E-state index contributed by atoms with van der Waals surface area (Å²) in [6.45, 7) is 0.608. The van der Waals surface area contributed by atoms with Gasteiger partial charge < -0.3 is 14.8 Å². The van der Waals surface area contributed by atoms with Crippen LogP contribution in [0.3, 0.4) is 0 Å². The van der Waals surface area contributed by atoms with Gasteiger partial charge in [-0.3, -0.25) is 9.59 Å². The average Bonchev–Trinajstić information content (AvgIpc) is 3.39. The third kappa shape index (κ3) is 3.09. The molecule has 0 saturated heterocycles. The molecule has 3 aliphatic rings. The minimum Gasteiger partial charge on any atom is -0.497 e. The summed E-state index contributed by atoms with van der Waals surface area (Å²) < 4.78 is 11.5. The molecule has 1 N–H and O–H groups in total. The zero-order chi connectivity index (χ0) is 20.0. The summed E-state index contributed by atoms with van der Waals surface area (Å²) in [5, 5.41) is 3.09. The first-order valence-electron chi connectivity index (χ1n) is 10.3. The molecule has 2 saturated carbocycles. The monoisotopic (exact) mass is 391 g/mol. The SMILES string of the molecule is COc1ccc(CCNC(=O)[C@H]2[C@@H]3CC[C@@]4(CC(=O)c5ccccc5O4)[C@@H]32)cc1. The Morgan fingerprint density at radius 2 is 2.00 bits per heavy atom. The van der Waals surface area contributed by atoms with Crippen molar-refractivity contribution < 1.29 is 19.1 Å². The predicted molar refractivity (Wildman–Crippen MR) is 108 cm³/mol. The maximum absolute atomic E-state index is 12.8. The van der Waals surface area contributed by atoms with Crippen molar-refractivity contribution in [1.29, 1.82) is 0 Å². The van der Waals surface area contributed by atoms with Gasteiger partial charge in [0, 0.05) is 18.4 Å². The number of hydrogen-bond acceptors (Lipinski definition) is 4. The molecule has 1 amide bonds. The molecule has 0 radical (unpaired) electrons. The molecule has 5 rings (SSSR count). The molecule has 0 bridgehead atoms. The van der Waals surface area contributed by atoms with Crippen LogP contribution in [0.4, 0.5) is 0 Å². The molecular weight excluding hydrogens is 366 g/mol. The van der Waals surface area contributed by atoms with Gasteiger partial charge >= 0.3 is 0 Å². The average molecular weight is 391 g/mol. The van der Waals surface area contributed by atoms with Gasteiger partial charge in [0.1, 0.15) is 17.1 Å². The normalized spacial score (nSPS) is 29.0. The summed E-state index contributed by atoms with van der Waals surface area (Å²) in [6, 6.07) is 15.4. The molecule has 1 aliphatic heterocycles. The lowest BCUT2D eigenvalue weighted by molar-refractivity contribution is -0.124. The van der Waals surface area contributed by atoms with E-state index >= 15 is 0 Å². The van der Waals surface area contributed by atoms with E-state index in [4.69, 9.17) is 9.47 Å². The highest BCUT2D eigenvalue weighted by molar-refractivity contribution is 6.00. The quantitative estimate of drug-likeness (QED) is 0.848. The zero-order valence-electron chi connectivity index (χ0n) is 16.5. The first-order chi connectivity index (χ1) is 14.1. The lowest BCUT2D eigenvalue weighted by Crippen LogP contribution is -2.44. The molecule has 150 valence electrons. The van der Waals surface area contributed by atoms with Crippen LogP contribution in [0.5, 0.6) is 11.5 Å². The number of ether oxygens (including phenoxy) is 2. The number of para-hydroxylation sites is 1. The molecule has 2 fully saturated rings. The van der Waals surface area contributed by atoms with E-state index < -0.39 is 5.60 Å². The molecule has 4 atom stereocenters. The number of methoxy groups -OCH3 is 1. The smallest absolute Gasteiger partial charge is 0.223 e. The Morgan fingerprint density at radius 1 is 1.21 bits per heavy atom. The number of Topliss-reactive ketones (excluding diaryl/α,β-unsaturated/α-hetero) is 1. The largest absolute Gasteiger partial charge is 0.497 e. The topological polar surface area (TPSA) is 64.6 Å². The lowest BCUT2D eigenvalue weighted by atomic mass is 9.84. The van der Waals surface area contributed by atoms with Crippen molar-refractivity contribution in [2.24, 2.45) is 17.8 Å². The summed E-state index contributed by atoms with van der Waals surface area (Å²) >= 11 is 0. The van der Waals surface area contributed by atoms with Gasteiger partial charge in [-0.25, -0.2) is 0 Å². The van der Waals surface area contributed by atoms with Crippen molar-refractivity contribution >= 4 is 11.7 Å². The van der Waals surface area contributed by atoms with Gasteiger partial charge in [0.05, 0.1) is 19.1 Å². The molecule has 0 unspecified atom stereocenters. The van der Waals surface area contributed by atoms with Gasteiger partial charge in [-0.05, 0) is 55.0 Å². The van der Waals surface area contributed by atoms with Crippen LogP contribution in [0.1, 0.15) is 35.2 Å². The van der Waals surface area contributed by atoms with Gasteiger partial charge in [0.2, 0.25) is 5.91 Å². The Kier molecular flexibility index (Phi) is 4.34. The van der Waals surface area contributed by atoms with Crippen molar-refractivity contribution in [1.82, 2.24) is 5.32 Å². The second-order valence-electron chi connectivity index (χ2n) is 8.41. The summed E-state index contributed by atoms with van der Waals surface area (Å²) in [5.41, 5.74) is 1.34. The number of amides is 1. The van der Waals surface area contributed by atoms with Crippen LogP contribution in [0.15, 0.2) is 48.5 Å². The predicted octanol–water partition coefficient (Wildman–Crippen LogP) is 3.41. The van der Waals surface area contributed by atoms with Gasteiger partial charge in [-0.2, -0.15) is 0 Å². The molecule has 1 spiro atoms. The minimum absolute atomic E-state index is 0.0299. The maximum Gasteiger partial charge on any atom is 0.223 e. The standard InChI is InChI=1S/C24H25NO4/c1-28-16-8-6-15(7-9-16)11-13-25-23(27)21-18-10-12-24(22(18)21)14-19(26)17-4-2-3-5-20(17)29-24/h2-9,18,21-22H,10-14H2,1H3,(H,25,27)/t18-,21-,22-,24+/m0/s1. The van der Waals surface area contributed by atoms with Crippen molar-refractivity contribution in [2.75, 3.05) is 13.7 Å². The molecule has 0 aromatic heterocycles. The van der Waals surface area contributed by atoms with Crippen LogP contribution in [-0.4, -0.2) is 30.9 Å². The minimum atomic E-state index is -0.492. The van der Waals surface area contributed by atoms with Crippen molar-refractivity contribution in [3.8, 4) is 11.5 Å². The zero-order valence-corrected chi connectivity index (χ0v) is 16.5. The Bertz CT molecular complexity index is 954. The lowest BCUT2D eigenvalue weighted by Gasteiger charge is -2.37. The van der Waals surface area contributed by atoms with Gasteiger partial charge in [-0.15, -0.1) is 0 Å². The fraction of sp³-hybridized carbons (Fsp3) is 0.417. The molecule has 29 heavy (non-hydrogen) atoms. The molecule has 2 aliphatic carbocycles. The highest BCUT2D eigenvalue weighted by Gasteiger charge is 2.70. The van der Waals surface area contributed by atoms with E-state index in [2.05, 4.69) is 5.32 Å². The van der Waals surface area contributed by atoms with Gasteiger partial charge in [0.15, 0.2) is 5.78 Å². The maximum atomic E-state index is 12.8. The van der Waals surface area contributed by atoms with E-state index in [9.17, 15) is 9.59 Å². The number of nitrogens with one attached hydrogen (secondary N) is 1. The summed E-state index contributed by atoms with van der Waals surface area (Å²) in [6.07, 6.45) is 2.99. The van der Waals surface area contributed by atoms with Crippen molar-refractivity contribution in [2.45, 2.75) is 31.3 Å². The van der Waals surface area contributed by atoms with Crippen LogP contribution in [-0.2, 0) is 11.2 Å². The van der Waals surface area contributed by atoms with Crippen molar-refractivity contribution in [3.05, 3.63) is 59.7 Å². The number of carbonyl (C=O) groups is 2. The Balaban J connectivity index is 1.21. The van der Waals surface area contributed by atoms with E-state index in [1.807, 2.05) is 48.5 Å². The Hall–Kier alpha value is -2.82. The Labute approximate surface area is 170 Å². The summed E-state index contributed by atoms with van der Waals surface area (Å²) in [7, 11) is 1.65. The highest BCUT2D eigenvalue weighted by Crippen LogP contribution is 2.65. The van der Waals surface area contributed by atoms with E-state index in [1.54, 1.807) is 7.11 Å². The van der Waals surface area contributed by atoms with E-state index in [1.165, 1.54) is 0 Å².